The Morgan fingerprint density at radius 2 is 1.78 bits per heavy atom. The maximum Gasteiger partial charge on any atom is 0.310 e. The molecule has 0 unspecified atom stereocenters. The summed E-state index contributed by atoms with van der Waals surface area (Å²) >= 11 is 6.75. The lowest BCUT2D eigenvalue weighted by atomic mass is 10.1. The van der Waals surface area contributed by atoms with Crippen LogP contribution in [0.15, 0.2) is 31.9 Å². The normalized spacial score (nSPS) is 12.7. The summed E-state index contributed by atoms with van der Waals surface area (Å²) in [6, 6.07) is 4.38. The van der Waals surface area contributed by atoms with Crippen LogP contribution in [0.2, 0.25) is 0 Å². The molecule has 8 nitrogen and oxygen atoms in total. The molecule has 140 valence electrons. The van der Waals surface area contributed by atoms with Crippen LogP contribution in [0, 0.1) is 0 Å². The summed E-state index contributed by atoms with van der Waals surface area (Å²) in [5.74, 6) is -1.85. The third kappa shape index (κ3) is 3.42. The number of hydrogen-bond donors (Lipinski definition) is 2. The van der Waals surface area contributed by atoms with Gasteiger partial charge in [-0.25, -0.2) is 0 Å². The second-order valence-electron chi connectivity index (χ2n) is 5.67. The number of carbonyl (C=O) groups excluding carboxylic acids is 3. The minimum Gasteiger partial charge on any atom is -0.466 e. The summed E-state index contributed by atoms with van der Waals surface area (Å²) < 4.78 is 6.99. The summed E-state index contributed by atoms with van der Waals surface area (Å²) in [5.41, 5.74) is 6.38. The molecule has 1 aliphatic heterocycles. The Balaban J connectivity index is 2.14. The molecule has 0 bridgehead atoms. The van der Waals surface area contributed by atoms with Gasteiger partial charge in [0.05, 0.1) is 29.8 Å². The average molecular weight is 499 g/mol. The van der Waals surface area contributed by atoms with Crippen LogP contribution in [0.3, 0.4) is 0 Å². The maximum atomic E-state index is 12.6. The number of esters is 1. The van der Waals surface area contributed by atoms with Crippen LogP contribution < -0.4 is 16.6 Å². The third-order valence-corrected chi connectivity index (χ3v) is 5.12. The molecule has 0 radical (unpaired) electrons. The predicted molar refractivity (Wildman–Crippen MR) is 104 cm³/mol. The quantitative estimate of drug-likeness (QED) is 0.490. The molecule has 2 heterocycles. The molecule has 0 saturated heterocycles. The number of carbonyl (C=O) groups is 3. The number of benzene rings is 1. The molecule has 2 amide bonds. The van der Waals surface area contributed by atoms with Crippen LogP contribution in [0.1, 0.15) is 33.2 Å². The number of rotatable bonds is 4. The highest BCUT2D eigenvalue weighted by atomic mass is 79.9. The summed E-state index contributed by atoms with van der Waals surface area (Å²) in [6.07, 6.45) is 0.0524. The standard InChI is InChI=1S/C17H13Br2N3O5/c1-2-27-12(24)5-7-3-9(18)14(10(19)4-7)22-11(23)6-8-13(15(22)20)17(26)21-16(8)25/h3-4,6H,2,5,20H2,1H3,(H,21,25,26). The topological polar surface area (TPSA) is 120 Å². The molecule has 1 aromatic heterocycles. The molecule has 3 rings (SSSR count). The average Bonchev–Trinajstić information content (AvgIpc) is 2.84. The van der Waals surface area contributed by atoms with Crippen molar-refractivity contribution in [1.29, 1.82) is 0 Å². The summed E-state index contributed by atoms with van der Waals surface area (Å²) in [6.45, 7) is 2.00. The number of imide groups is 1. The fourth-order valence-corrected chi connectivity index (χ4v) is 4.46. The zero-order chi connectivity index (χ0) is 19.9. The first-order valence-electron chi connectivity index (χ1n) is 7.79. The maximum absolute atomic E-state index is 12.6. The van der Waals surface area contributed by atoms with E-state index in [9.17, 15) is 19.2 Å². The molecule has 1 aliphatic rings. The van der Waals surface area contributed by atoms with Crippen molar-refractivity contribution in [1.82, 2.24) is 9.88 Å². The van der Waals surface area contributed by atoms with Crippen LogP contribution in [0.4, 0.5) is 5.82 Å². The molecule has 0 aliphatic carbocycles. The number of ether oxygens (including phenoxy) is 1. The van der Waals surface area contributed by atoms with Crippen LogP contribution >= 0.6 is 31.9 Å². The summed E-state index contributed by atoms with van der Waals surface area (Å²) in [7, 11) is 0. The zero-order valence-corrected chi connectivity index (χ0v) is 17.1. The van der Waals surface area contributed by atoms with Crippen molar-refractivity contribution < 1.29 is 19.1 Å². The Morgan fingerprint density at radius 3 is 2.37 bits per heavy atom. The van der Waals surface area contributed by atoms with Gasteiger partial charge in [-0.1, -0.05) is 0 Å². The van der Waals surface area contributed by atoms with Crippen LogP contribution in [0.5, 0.6) is 0 Å². The molecule has 27 heavy (non-hydrogen) atoms. The van der Waals surface area contributed by atoms with E-state index in [-0.39, 0.29) is 35.9 Å². The first-order chi connectivity index (χ1) is 12.7. The highest BCUT2D eigenvalue weighted by Gasteiger charge is 2.32. The van der Waals surface area contributed by atoms with Crippen molar-refractivity contribution in [2.45, 2.75) is 13.3 Å². The smallest absolute Gasteiger partial charge is 0.310 e. The van der Waals surface area contributed by atoms with E-state index in [1.165, 1.54) is 0 Å². The molecule has 1 aromatic carbocycles. The van der Waals surface area contributed by atoms with Crippen molar-refractivity contribution in [3.63, 3.8) is 0 Å². The van der Waals surface area contributed by atoms with Gasteiger partial charge in [0.15, 0.2) is 0 Å². The first-order valence-corrected chi connectivity index (χ1v) is 9.38. The second-order valence-corrected chi connectivity index (χ2v) is 7.37. The number of halogens is 2. The fraction of sp³-hybridized carbons (Fsp3) is 0.176. The Hall–Kier alpha value is -2.46. The van der Waals surface area contributed by atoms with E-state index in [4.69, 9.17) is 10.5 Å². The van der Waals surface area contributed by atoms with Gasteiger partial charge in [-0.3, -0.25) is 29.1 Å². The minimum atomic E-state index is -0.660. The van der Waals surface area contributed by atoms with E-state index < -0.39 is 17.4 Å². The van der Waals surface area contributed by atoms with Crippen molar-refractivity contribution >= 4 is 55.5 Å². The largest absolute Gasteiger partial charge is 0.466 e. The highest BCUT2D eigenvalue weighted by Crippen LogP contribution is 2.33. The van der Waals surface area contributed by atoms with Gasteiger partial charge in [0.25, 0.3) is 17.4 Å². The Morgan fingerprint density at radius 1 is 1.15 bits per heavy atom. The van der Waals surface area contributed by atoms with Gasteiger partial charge in [0.2, 0.25) is 0 Å². The fourth-order valence-electron chi connectivity index (χ4n) is 2.82. The van der Waals surface area contributed by atoms with E-state index in [1.807, 2.05) is 0 Å². The number of aromatic nitrogens is 1. The lowest BCUT2D eigenvalue weighted by molar-refractivity contribution is -0.142. The van der Waals surface area contributed by atoms with Gasteiger partial charge in [-0.15, -0.1) is 0 Å². The molecule has 10 heteroatoms. The number of fused-ring (bicyclic) bond motifs is 1. The summed E-state index contributed by atoms with van der Waals surface area (Å²) in [5, 5.41) is 2.12. The van der Waals surface area contributed by atoms with Gasteiger partial charge in [-0.05, 0) is 56.5 Å². The molecule has 2 aromatic rings. The number of pyridine rings is 1. The Kier molecular flexibility index (Phi) is 5.20. The molecular weight excluding hydrogens is 486 g/mol. The Bertz CT molecular complexity index is 1040. The van der Waals surface area contributed by atoms with E-state index >= 15 is 0 Å². The number of amides is 2. The molecule has 0 atom stereocenters. The van der Waals surface area contributed by atoms with Gasteiger partial charge >= 0.3 is 5.97 Å². The van der Waals surface area contributed by atoms with Gasteiger partial charge in [0, 0.05) is 15.0 Å². The number of hydrogen-bond acceptors (Lipinski definition) is 6. The third-order valence-electron chi connectivity index (χ3n) is 3.91. The van der Waals surface area contributed by atoms with Crippen LogP contribution in [-0.4, -0.2) is 29.0 Å². The molecular formula is C17H13Br2N3O5. The molecule has 0 spiro atoms. The van der Waals surface area contributed by atoms with Crippen molar-refractivity contribution in [3.05, 3.63) is 54.2 Å². The lowest BCUT2D eigenvalue weighted by Crippen LogP contribution is -2.24. The molecule has 0 saturated carbocycles. The van der Waals surface area contributed by atoms with E-state index in [0.29, 0.717) is 20.2 Å². The van der Waals surface area contributed by atoms with E-state index in [0.717, 1.165) is 10.6 Å². The minimum absolute atomic E-state index is 0.0472. The second kappa shape index (κ2) is 7.28. The van der Waals surface area contributed by atoms with Crippen molar-refractivity contribution in [2.75, 3.05) is 12.3 Å². The van der Waals surface area contributed by atoms with Crippen LogP contribution in [-0.2, 0) is 16.0 Å². The number of nitrogens with one attached hydrogen (secondary N) is 1. The molecule has 0 fully saturated rings. The highest BCUT2D eigenvalue weighted by molar-refractivity contribution is 9.11. The van der Waals surface area contributed by atoms with E-state index in [1.54, 1.807) is 19.1 Å². The monoisotopic (exact) mass is 497 g/mol. The molecule has 3 N–H and O–H groups in total. The van der Waals surface area contributed by atoms with Gasteiger partial charge < -0.3 is 10.5 Å². The van der Waals surface area contributed by atoms with Crippen molar-refractivity contribution in [3.8, 4) is 5.69 Å². The van der Waals surface area contributed by atoms with Crippen molar-refractivity contribution in [2.24, 2.45) is 0 Å². The Labute approximate surface area is 169 Å². The first kappa shape index (κ1) is 19.3. The number of nitrogens with zero attached hydrogens (tertiary/aromatic N) is 1. The zero-order valence-electron chi connectivity index (χ0n) is 14.0. The number of nitrogen functional groups attached to an aromatic ring is 1. The predicted octanol–water partition coefficient (Wildman–Crippen LogP) is 1.93. The van der Waals surface area contributed by atoms with E-state index in [2.05, 4.69) is 37.2 Å². The van der Waals surface area contributed by atoms with Crippen LogP contribution in [0.25, 0.3) is 5.69 Å². The number of anilines is 1. The van der Waals surface area contributed by atoms with Gasteiger partial charge in [0.1, 0.15) is 5.82 Å². The SMILES string of the molecule is CCOC(=O)Cc1cc(Br)c(-n2c(N)c3c(cc2=O)C(=O)NC3=O)c(Br)c1. The van der Waals surface area contributed by atoms with Gasteiger partial charge in [-0.2, -0.15) is 0 Å². The summed E-state index contributed by atoms with van der Waals surface area (Å²) in [4.78, 5) is 48.0. The lowest BCUT2D eigenvalue weighted by Gasteiger charge is -2.16. The number of nitrogens with two attached hydrogens (primary N) is 1.